The number of aryl methyl sites for hydroxylation is 1. The van der Waals surface area contributed by atoms with Crippen LogP contribution in [0.5, 0.6) is 0 Å². The average molecular weight is 364 g/mol. The van der Waals surface area contributed by atoms with Gasteiger partial charge in [0.25, 0.3) is 0 Å². The van der Waals surface area contributed by atoms with E-state index in [0.717, 1.165) is 76.3 Å². The lowest BCUT2D eigenvalue weighted by Crippen LogP contribution is -2.49. The Bertz CT molecular complexity index is 614. The van der Waals surface area contributed by atoms with Crippen LogP contribution in [0, 0.1) is 6.92 Å². The first-order valence-corrected chi connectivity index (χ1v) is 10.5. The lowest BCUT2D eigenvalue weighted by molar-refractivity contribution is -0.133. The number of nitrogens with zero attached hydrogens (tertiary/aromatic N) is 3. The summed E-state index contributed by atoms with van der Waals surface area (Å²) in [5.74, 6) is 0.349. The maximum Gasteiger partial charge on any atom is 0.223 e. The molecule has 0 saturated carbocycles. The molecule has 2 atom stereocenters. The molecule has 4 rings (SSSR count). The number of aromatic nitrogens is 1. The van der Waals surface area contributed by atoms with Crippen molar-refractivity contribution in [3.8, 4) is 0 Å². The third kappa shape index (κ3) is 3.76. The second-order valence-corrected chi connectivity index (χ2v) is 9.16. The first kappa shape index (κ1) is 17.4. The van der Waals surface area contributed by atoms with Gasteiger partial charge in [-0.05, 0) is 52.0 Å². The second kappa shape index (κ2) is 7.33. The van der Waals surface area contributed by atoms with Crippen LogP contribution in [0.15, 0.2) is 6.20 Å². The average Bonchev–Trinajstić information content (AvgIpc) is 3.27. The van der Waals surface area contributed by atoms with Gasteiger partial charge >= 0.3 is 0 Å². The zero-order valence-electron chi connectivity index (χ0n) is 15.2. The molecule has 0 N–H and O–H groups in total. The van der Waals surface area contributed by atoms with Crippen LogP contribution in [0.4, 0.5) is 0 Å². The SMILES string of the molecule is Cc1ncc(CN2CCCC3(CCC(=O)N3CC3CCCO3)CC2)s1. The molecule has 3 aliphatic rings. The summed E-state index contributed by atoms with van der Waals surface area (Å²) < 4.78 is 5.82. The van der Waals surface area contributed by atoms with Crippen LogP contribution in [0.3, 0.4) is 0 Å². The van der Waals surface area contributed by atoms with E-state index in [1.165, 1.54) is 11.3 Å². The summed E-state index contributed by atoms with van der Waals surface area (Å²) in [6.45, 7) is 6.95. The number of likely N-dealkylation sites (tertiary alicyclic amines) is 2. The highest BCUT2D eigenvalue weighted by atomic mass is 32.1. The fourth-order valence-electron chi connectivity index (χ4n) is 4.77. The molecule has 3 aliphatic heterocycles. The summed E-state index contributed by atoms with van der Waals surface area (Å²) in [6, 6.07) is 0. The Morgan fingerprint density at radius 3 is 3.00 bits per heavy atom. The van der Waals surface area contributed by atoms with Crippen molar-refractivity contribution < 1.29 is 9.53 Å². The molecule has 0 bridgehead atoms. The van der Waals surface area contributed by atoms with Crippen molar-refractivity contribution in [2.45, 2.75) is 70.1 Å². The smallest absolute Gasteiger partial charge is 0.223 e. The Morgan fingerprint density at radius 2 is 2.24 bits per heavy atom. The monoisotopic (exact) mass is 363 g/mol. The van der Waals surface area contributed by atoms with E-state index in [1.807, 2.05) is 6.20 Å². The van der Waals surface area contributed by atoms with Gasteiger partial charge in [0.1, 0.15) is 0 Å². The number of thiazole rings is 1. The molecule has 5 nitrogen and oxygen atoms in total. The van der Waals surface area contributed by atoms with Crippen LogP contribution < -0.4 is 0 Å². The van der Waals surface area contributed by atoms with E-state index in [0.29, 0.717) is 5.91 Å². The number of amides is 1. The molecule has 1 spiro atoms. The van der Waals surface area contributed by atoms with Crippen molar-refractivity contribution in [2.24, 2.45) is 0 Å². The van der Waals surface area contributed by atoms with Crippen molar-refractivity contribution in [1.29, 1.82) is 0 Å². The highest BCUT2D eigenvalue weighted by Gasteiger charge is 2.46. The van der Waals surface area contributed by atoms with E-state index in [1.54, 1.807) is 11.3 Å². The van der Waals surface area contributed by atoms with E-state index in [9.17, 15) is 4.79 Å². The van der Waals surface area contributed by atoms with Crippen LogP contribution in [-0.2, 0) is 16.1 Å². The van der Waals surface area contributed by atoms with Gasteiger partial charge in [-0.3, -0.25) is 9.69 Å². The number of hydrogen-bond donors (Lipinski definition) is 0. The van der Waals surface area contributed by atoms with Gasteiger partial charge in [0.15, 0.2) is 0 Å². The predicted octanol–water partition coefficient (Wildman–Crippen LogP) is 2.98. The third-order valence-corrected chi connectivity index (χ3v) is 7.04. The molecule has 0 aliphatic carbocycles. The zero-order valence-corrected chi connectivity index (χ0v) is 16.0. The fraction of sp³-hybridized carbons (Fsp3) is 0.789. The summed E-state index contributed by atoms with van der Waals surface area (Å²) in [5.41, 5.74) is 0.0847. The predicted molar refractivity (Wildman–Crippen MR) is 98.6 cm³/mol. The molecule has 1 aromatic heterocycles. The van der Waals surface area contributed by atoms with Gasteiger partial charge in [0.05, 0.1) is 11.1 Å². The van der Waals surface area contributed by atoms with Gasteiger partial charge < -0.3 is 9.64 Å². The third-order valence-electron chi connectivity index (χ3n) is 6.15. The van der Waals surface area contributed by atoms with Gasteiger partial charge in [0, 0.05) is 49.3 Å². The van der Waals surface area contributed by atoms with Crippen LogP contribution >= 0.6 is 11.3 Å². The lowest BCUT2D eigenvalue weighted by Gasteiger charge is -2.39. The topological polar surface area (TPSA) is 45.7 Å². The molecule has 138 valence electrons. The first-order chi connectivity index (χ1) is 12.1. The Balaban J connectivity index is 1.41. The molecule has 6 heteroatoms. The largest absolute Gasteiger partial charge is 0.376 e. The summed E-state index contributed by atoms with van der Waals surface area (Å²) in [7, 11) is 0. The number of hydrogen-bond acceptors (Lipinski definition) is 5. The molecule has 2 unspecified atom stereocenters. The van der Waals surface area contributed by atoms with Gasteiger partial charge in [-0.2, -0.15) is 0 Å². The maximum atomic E-state index is 12.6. The van der Waals surface area contributed by atoms with E-state index < -0.39 is 0 Å². The van der Waals surface area contributed by atoms with Crippen molar-refractivity contribution in [3.63, 3.8) is 0 Å². The summed E-state index contributed by atoms with van der Waals surface area (Å²) in [4.78, 5) is 23.1. The summed E-state index contributed by atoms with van der Waals surface area (Å²) in [5, 5.41) is 1.14. The minimum atomic E-state index is 0.0847. The molecule has 4 heterocycles. The van der Waals surface area contributed by atoms with E-state index in [-0.39, 0.29) is 11.6 Å². The molecule has 25 heavy (non-hydrogen) atoms. The number of carbonyl (C=O) groups is 1. The van der Waals surface area contributed by atoms with Crippen LogP contribution in [-0.4, -0.2) is 58.6 Å². The normalized spacial score (nSPS) is 31.2. The Labute approximate surface area is 154 Å². The van der Waals surface area contributed by atoms with Crippen molar-refractivity contribution >= 4 is 17.2 Å². The number of carbonyl (C=O) groups excluding carboxylic acids is 1. The van der Waals surface area contributed by atoms with Crippen LogP contribution in [0.1, 0.15) is 54.8 Å². The highest BCUT2D eigenvalue weighted by molar-refractivity contribution is 7.11. The van der Waals surface area contributed by atoms with Gasteiger partial charge in [0.2, 0.25) is 5.91 Å². The van der Waals surface area contributed by atoms with Crippen LogP contribution in [0.2, 0.25) is 0 Å². The van der Waals surface area contributed by atoms with Crippen molar-refractivity contribution in [1.82, 2.24) is 14.8 Å². The van der Waals surface area contributed by atoms with Gasteiger partial charge in [-0.15, -0.1) is 11.3 Å². The molecule has 1 aromatic rings. The Kier molecular flexibility index (Phi) is 5.11. The standard InChI is InChI=1S/C19H29N3O2S/c1-15-20-12-17(25-15)14-21-9-3-6-19(8-10-21)7-5-18(23)22(19)13-16-4-2-11-24-16/h12,16H,2-11,13-14H2,1H3. The zero-order chi connectivity index (χ0) is 17.3. The highest BCUT2D eigenvalue weighted by Crippen LogP contribution is 2.40. The molecule has 3 fully saturated rings. The van der Waals surface area contributed by atoms with Crippen molar-refractivity contribution in [3.05, 3.63) is 16.1 Å². The van der Waals surface area contributed by atoms with E-state index >= 15 is 0 Å². The Hall–Kier alpha value is -0.980. The van der Waals surface area contributed by atoms with Crippen molar-refractivity contribution in [2.75, 3.05) is 26.2 Å². The van der Waals surface area contributed by atoms with Gasteiger partial charge in [-0.1, -0.05) is 0 Å². The number of ether oxygens (including phenoxy) is 1. The quantitative estimate of drug-likeness (QED) is 0.825. The minimum Gasteiger partial charge on any atom is -0.376 e. The van der Waals surface area contributed by atoms with Crippen LogP contribution in [0.25, 0.3) is 0 Å². The minimum absolute atomic E-state index is 0.0847. The molecule has 0 radical (unpaired) electrons. The Morgan fingerprint density at radius 1 is 1.32 bits per heavy atom. The number of rotatable bonds is 4. The summed E-state index contributed by atoms with van der Waals surface area (Å²) >= 11 is 1.80. The lowest BCUT2D eigenvalue weighted by atomic mass is 9.87. The maximum absolute atomic E-state index is 12.6. The molecular formula is C19H29N3O2S. The van der Waals surface area contributed by atoms with Gasteiger partial charge in [-0.25, -0.2) is 4.98 Å². The van der Waals surface area contributed by atoms with E-state index in [2.05, 4.69) is 21.7 Å². The first-order valence-electron chi connectivity index (χ1n) is 9.70. The molecule has 1 amide bonds. The van der Waals surface area contributed by atoms with E-state index in [4.69, 9.17) is 4.74 Å². The molecule has 0 aromatic carbocycles. The summed E-state index contributed by atoms with van der Waals surface area (Å²) in [6.07, 6.45) is 9.70. The second-order valence-electron chi connectivity index (χ2n) is 7.84. The molecule has 3 saturated heterocycles. The fourth-order valence-corrected chi connectivity index (χ4v) is 5.61. The molecular weight excluding hydrogens is 334 g/mol.